The van der Waals surface area contributed by atoms with Crippen LogP contribution in [0.3, 0.4) is 0 Å². The summed E-state index contributed by atoms with van der Waals surface area (Å²) in [5.41, 5.74) is 1.11. The molecule has 0 bridgehead atoms. The van der Waals surface area contributed by atoms with Gasteiger partial charge in [0.05, 0.1) is 28.7 Å². The Labute approximate surface area is 187 Å². The second kappa shape index (κ2) is 9.86. The van der Waals surface area contributed by atoms with Crippen molar-refractivity contribution in [2.24, 2.45) is 0 Å². The Balaban J connectivity index is 1.56. The number of carbonyl (C=O) groups excluding carboxylic acids is 2. The van der Waals surface area contributed by atoms with E-state index in [1.165, 1.54) is 6.20 Å². The molecule has 0 aliphatic heterocycles. The molecule has 3 rings (SSSR count). The van der Waals surface area contributed by atoms with Gasteiger partial charge in [-0.1, -0.05) is 24.6 Å². The number of aromatic nitrogens is 2. The van der Waals surface area contributed by atoms with Crippen molar-refractivity contribution >= 4 is 23.4 Å². The molecule has 0 saturated heterocycles. The van der Waals surface area contributed by atoms with E-state index in [-0.39, 0.29) is 24.6 Å². The van der Waals surface area contributed by atoms with Crippen LogP contribution >= 0.6 is 11.6 Å². The van der Waals surface area contributed by atoms with Gasteiger partial charge in [-0.3, -0.25) is 9.59 Å². The van der Waals surface area contributed by atoms with Crippen molar-refractivity contribution in [1.82, 2.24) is 20.4 Å². The van der Waals surface area contributed by atoms with Crippen LogP contribution in [0.15, 0.2) is 54.7 Å². The van der Waals surface area contributed by atoms with Gasteiger partial charge in [0.25, 0.3) is 11.8 Å². The van der Waals surface area contributed by atoms with Gasteiger partial charge in [0.15, 0.2) is 0 Å². The van der Waals surface area contributed by atoms with Crippen LogP contribution in [0.1, 0.15) is 38.9 Å². The van der Waals surface area contributed by atoms with E-state index in [0.717, 1.165) is 30.0 Å². The zero-order valence-electron chi connectivity index (χ0n) is 17.0. The molecule has 0 aliphatic carbocycles. The molecule has 0 spiro atoms. The van der Waals surface area contributed by atoms with E-state index in [4.69, 9.17) is 11.6 Å². The van der Waals surface area contributed by atoms with E-state index in [1.54, 1.807) is 22.9 Å². The lowest BCUT2D eigenvalue weighted by Crippen LogP contribution is -2.35. The average Bonchev–Trinajstić information content (AvgIpc) is 3.20. The molecule has 0 unspecified atom stereocenters. The summed E-state index contributed by atoms with van der Waals surface area (Å²) < 4.78 is 39.5. The first-order valence-electron chi connectivity index (χ1n) is 9.77. The monoisotopic (exact) mass is 464 g/mol. The first kappa shape index (κ1) is 23.3. The minimum Gasteiger partial charge on any atom is -0.350 e. The van der Waals surface area contributed by atoms with Gasteiger partial charge in [0.1, 0.15) is 0 Å². The molecular formula is C22H20ClF3N4O2. The smallest absolute Gasteiger partial charge is 0.350 e. The second-order valence-corrected chi connectivity index (χ2v) is 7.27. The first-order chi connectivity index (χ1) is 15.2. The summed E-state index contributed by atoms with van der Waals surface area (Å²) in [5.74, 6) is -0.880. The Morgan fingerprint density at radius 3 is 2.28 bits per heavy atom. The molecule has 6 nitrogen and oxygen atoms in total. The number of rotatable bonds is 7. The van der Waals surface area contributed by atoms with Crippen molar-refractivity contribution in [3.63, 3.8) is 0 Å². The standard InChI is InChI=1S/C22H20ClF3N4O2/c1-2-19-18(13-29-30(19)17-5-3-4-16(23)12-17)21(32)28-11-10-27-20(31)14-6-8-15(9-7-14)22(24,25)26/h3-9,12-13H,2,10-11H2,1H3,(H,27,31)(H,28,32). The van der Waals surface area contributed by atoms with Crippen molar-refractivity contribution in [1.29, 1.82) is 0 Å². The number of nitrogens with zero attached hydrogens (tertiary/aromatic N) is 2. The van der Waals surface area contributed by atoms with E-state index < -0.39 is 17.6 Å². The molecule has 1 aromatic heterocycles. The van der Waals surface area contributed by atoms with Gasteiger partial charge >= 0.3 is 6.18 Å². The van der Waals surface area contributed by atoms with Crippen LogP contribution in [0.5, 0.6) is 0 Å². The van der Waals surface area contributed by atoms with E-state index in [0.29, 0.717) is 22.7 Å². The lowest BCUT2D eigenvalue weighted by atomic mass is 10.1. The van der Waals surface area contributed by atoms with Gasteiger partial charge in [-0.15, -0.1) is 0 Å². The highest BCUT2D eigenvalue weighted by Crippen LogP contribution is 2.29. The van der Waals surface area contributed by atoms with Crippen molar-refractivity contribution in [3.05, 3.63) is 82.1 Å². The lowest BCUT2D eigenvalue weighted by molar-refractivity contribution is -0.137. The number of hydrogen-bond donors (Lipinski definition) is 2. The van der Waals surface area contributed by atoms with Crippen molar-refractivity contribution < 1.29 is 22.8 Å². The van der Waals surface area contributed by atoms with E-state index in [1.807, 2.05) is 13.0 Å². The highest BCUT2D eigenvalue weighted by atomic mass is 35.5. The first-order valence-corrected chi connectivity index (χ1v) is 10.1. The third-order valence-corrected chi connectivity index (χ3v) is 4.91. The van der Waals surface area contributed by atoms with E-state index >= 15 is 0 Å². The summed E-state index contributed by atoms with van der Waals surface area (Å²) in [6.45, 7) is 2.14. The summed E-state index contributed by atoms with van der Waals surface area (Å²) in [4.78, 5) is 24.7. The van der Waals surface area contributed by atoms with Crippen LogP contribution < -0.4 is 10.6 Å². The number of amides is 2. The Morgan fingerprint density at radius 1 is 1.03 bits per heavy atom. The molecule has 10 heteroatoms. The maximum atomic E-state index is 12.6. The number of nitrogens with one attached hydrogen (secondary N) is 2. The number of hydrogen-bond acceptors (Lipinski definition) is 3. The van der Waals surface area contributed by atoms with Gasteiger partial charge < -0.3 is 10.6 Å². The number of benzene rings is 2. The number of alkyl halides is 3. The summed E-state index contributed by atoms with van der Waals surface area (Å²) in [6, 6.07) is 11.0. The molecule has 1 heterocycles. The SMILES string of the molecule is CCc1c(C(=O)NCCNC(=O)c2ccc(C(F)(F)F)cc2)cnn1-c1cccc(Cl)c1. The minimum absolute atomic E-state index is 0.0976. The Kier molecular flexibility index (Phi) is 7.19. The topological polar surface area (TPSA) is 76.0 Å². The van der Waals surface area contributed by atoms with E-state index in [2.05, 4.69) is 15.7 Å². The molecule has 3 aromatic rings. The molecule has 0 saturated carbocycles. The Morgan fingerprint density at radius 2 is 1.69 bits per heavy atom. The highest BCUT2D eigenvalue weighted by molar-refractivity contribution is 6.30. The van der Waals surface area contributed by atoms with Gasteiger partial charge in [0, 0.05) is 23.7 Å². The average molecular weight is 465 g/mol. The van der Waals surface area contributed by atoms with E-state index in [9.17, 15) is 22.8 Å². The van der Waals surface area contributed by atoms with Crippen LogP contribution in [-0.2, 0) is 12.6 Å². The normalized spacial score (nSPS) is 11.3. The lowest BCUT2D eigenvalue weighted by Gasteiger charge is -2.10. The molecule has 32 heavy (non-hydrogen) atoms. The highest BCUT2D eigenvalue weighted by Gasteiger charge is 2.30. The zero-order valence-corrected chi connectivity index (χ0v) is 17.8. The molecule has 0 atom stereocenters. The van der Waals surface area contributed by atoms with Gasteiger partial charge in [-0.25, -0.2) is 4.68 Å². The largest absolute Gasteiger partial charge is 0.416 e. The van der Waals surface area contributed by atoms with Gasteiger partial charge in [-0.2, -0.15) is 18.3 Å². The van der Waals surface area contributed by atoms with Crippen LogP contribution in [0.4, 0.5) is 13.2 Å². The Bertz CT molecular complexity index is 1110. The van der Waals surface area contributed by atoms with Gasteiger partial charge in [0.2, 0.25) is 0 Å². The third-order valence-electron chi connectivity index (χ3n) is 4.67. The predicted molar refractivity (Wildman–Crippen MR) is 114 cm³/mol. The molecule has 2 amide bonds. The summed E-state index contributed by atoms with van der Waals surface area (Å²) in [5, 5.41) is 10.1. The predicted octanol–water partition coefficient (Wildman–Crippen LogP) is 4.27. The van der Waals surface area contributed by atoms with Crippen molar-refractivity contribution in [2.75, 3.05) is 13.1 Å². The second-order valence-electron chi connectivity index (χ2n) is 6.84. The van der Waals surface area contributed by atoms with Crippen LogP contribution in [0.2, 0.25) is 5.02 Å². The minimum atomic E-state index is -4.46. The Hall–Kier alpha value is -3.33. The van der Waals surface area contributed by atoms with Crippen molar-refractivity contribution in [3.8, 4) is 5.69 Å². The number of halogens is 4. The molecule has 2 N–H and O–H groups in total. The molecule has 2 aromatic carbocycles. The van der Waals surface area contributed by atoms with Crippen LogP contribution in [0.25, 0.3) is 5.69 Å². The summed E-state index contributed by atoms with van der Waals surface area (Å²) >= 11 is 6.04. The molecule has 168 valence electrons. The zero-order chi connectivity index (χ0) is 23.3. The van der Waals surface area contributed by atoms with Gasteiger partial charge in [-0.05, 0) is 48.9 Å². The van der Waals surface area contributed by atoms with Crippen LogP contribution in [0, 0.1) is 0 Å². The van der Waals surface area contributed by atoms with Crippen molar-refractivity contribution in [2.45, 2.75) is 19.5 Å². The molecule has 0 radical (unpaired) electrons. The third kappa shape index (κ3) is 5.47. The fourth-order valence-corrected chi connectivity index (χ4v) is 3.28. The summed E-state index contributed by atoms with van der Waals surface area (Å²) in [6.07, 6.45) is -2.44. The molecule has 0 fully saturated rings. The molecular weight excluding hydrogens is 445 g/mol. The number of carbonyl (C=O) groups is 2. The summed E-state index contributed by atoms with van der Waals surface area (Å²) in [7, 11) is 0. The fourth-order valence-electron chi connectivity index (χ4n) is 3.09. The fraction of sp³-hybridized carbons (Fsp3) is 0.227. The molecule has 0 aliphatic rings. The maximum absolute atomic E-state index is 12.6. The maximum Gasteiger partial charge on any atom is 0.416 e. The van der Waals surface area contributed by atoms with Crippen LogP contribution in [-0.4, -0.2) is 34.7 Å². The quantitative estimate of drug-likeness (QED) is 0.513.